The van der Waals surface area contributed by atoms with Crippen LogP contribution < -0.4 is 11.1 Å². The average Bonchev–Trinajstić information content (AvgIpc) is 2.65. The molecule has 0 atom stereocenters. The summed E-state index contributed by atoms with van der Waals surface area (Å²) in [6.07, 6.45) is 1.49. The highest BCUT2D eigenvalue weighted by atomic mass is 35.5. The fraction of sp³-hybridized carbons (Fsp3) is 0.300. The van der Waals surface area contributed by atoms with Crippen molar-refractivity contribution in [3.63, 3.8) is 0 Å². The molecule has 0 spiro atoms. The van der Waals surface area contributed by atoms with Crippen molar-refractivity contribution >= 4 is 40.7 Å². The molecule has 3 N–H and O–H groups in total. The Balaban J connectivity index is 1.56. The lowest BCUT2D eigenvalue weighted by Crippen LogP contribution is -2.38. The van der Waals surface area contributed by atoms with Gasteiger partial charge in [-0.2, -0.15) is 0 Å². The summed E-state index contributed by atoms with van der Waals surface area (Å²) in [5.41, 5.74) is 7.18. The molecule has 1 aliphatic heterocycles. The highest BCUT2D eigenvalue weighted by Gasteiger charge is 2.26. The summed E-state index contributed by atoms with van der Waals surface area (Å²) >= 11 is 12.2. The van der Waals surface area contributed by atoms with E-state index in [0.29, 0.717) is 21.3 Å². The van der Waals surface area contributed by atoms with Gasteiger partial charge in [-0.25, -0.2) is 0 Å². The second kappa shape index (κ2) is 8.74. The van der Waals surface area contributed by atoms with Crippen LogP contribution in [0.2, 0.25) is 10.0 Å². The minimum Gasteiger partial charge on any atom is -0.366 e. The molecule has 0 aromatic heterocycles. The van der Waals surface area contributed by atoms with E-state index in [0.717, 1.165) is 38.0 Å². The van der Waals surface area contributed by atoms with Crippen molar-refractivity contribution in [2.45, 2.75) is 19.4 Å². The van der Waals surface area contributed by atoms with Crippen LogP contribution in [0.25, 0.3) is 0 Å². The molecule has 0 aliphatic carbocycles. The standard InChI is InChI=1S/C20H21Cl2N3O2/c21-15-6-5-14(17(22)11-15)12-25-9-7-13(8-10-25)20(27)24-18-4-2-1-3-16(18)19(23)26/h1-6,11,13H,7-10,12H2,(H2,23,26)(H,24,27). The fourth-order valence-corrected chi connectivity index (χ4v) is 3.75. The van der Waals surface area contributed by atoms with Crippen molar-refractivity contribution in [3.05, 3.63) is 63.6 Å². The van der Waals surface area contributed by atoms with Gasteiger partial charge in [0.2, 0.25) is 5.91 Å². The maximum absolute atomic E-state index is 12.6. The summed E-state index contributed by atoms with van der Waals surface area (Å²) in [5.74, 6) is -0.726. The molecule has 2 aromatic rings. The number of nitrogens with one attached hydrogen (secondary N) is 1. The Morgan fingerprint density at radius 2 is 1.81 bits per heavy atom. The Kier molecular flexibility index (Phi) is 6.37. The van der Waals surface area contributed by atoms with Crippen molar-refractivity contribution in [1.82, 2.24) is 4.90 Å². The lowest BCUT2D eigenvalue weighted by Gasteiger charge is -2.31. The Labute approximate surface area is 168 Å². The summed E-state index contributed by atoms with van der Waals surface area (Å²) in [4.78, 5) is 26.3. The Morgan fingerprint density at radius 3 is 2.48 bits per heavy atom. The van der Waals surface area contributed by atoms with Crippen LogP contribution in [-0.2, 0) is 11.3 Å². The van der Waals surface area contributed by atoms with Crippen LogP contribution in [0.1, 0.15) is 28.8 Å². The lowest BCUT2D eigenvalue weighted by molar-refractivity contribution is -0.121. The molecule has 5 nitrogen and oxygen atoms in total. The molecule has 0 radical (unpaired) electrons. The van der Waals surface area contributed by atoms with Crippen LogP contribution in [0.4, 0.5) is 5.69 Å². The van der Waals surface area contributed by atoms with Crippen molar-refractivity contribution in [3.8, 4) is 0 Å². The van der Waals surface area contributed by atoms with E-state index in [1.165, 1.54) is 0 Å². The predicted molar refractivity (Wildman–Crippen MR) is 108 cm³/mol. The number of hydrogen-bond acceptors (Lipinski definition) is 3. The van der Waals surface area contributed by atoms with Gasteiger partial charge < -0.3 is 11.1 Å². The second-order valence-electron chi connectivity index (χ2n) is 6.69. The van der Waals surface area contributed by atoms with Gasteiger partial charge in [0.1, 0.15) is 0 Å². The number of amides is 2. The van der Waals surface area contributed by atoms with Gasteiger partial charge in [0.05, 0.1) is 11.3 Å². The smallest absolute Gasteiger partial charge is 0.250 e. The third-order valence-electron chi connectivity index (χ3n) is 4.82. The highest BCUT2D eigenvalue weighted by molar-refractivity contribution is 6.35. The second-order valence-corrected chi connectivity index (χ2v) is 7.53. The molecule has 2 aromatic carbocycles. The first kappa shape index (κ1) is 19.7. The van der Waals surface area contributed by atoms with Crippen molar-refractivity contribution < 1.29 is 9.59 Å². The Bertz CT molecular complexity index is 849. The van der Waals surface area contributed by atoms with Crippen LogP contribution in [0.3, 0.4) is 0 Å². The number of anilines is 1. The molecule has 27 heavy (non-hydrogen) atoms. The van der Waals surface area contributed by atoms with E-state index in [9.17, 15) is 9.59 Å². The highest BCUT2D eigenvalue weighted by Crippen LogP contribution is 2.26. The van der Waals surface area contributed by atoms with Gasteiger partial charge in [-0.3, -0.25) is 14.5 Å². The van der Waals surface area contributed by atoms with Crippen molar-refractivity contribution in [2.24, 2.45) is 11.7 Å². The topological polar surface area (TPSA) is 75.4 Å². The average molecular weight is 406 g/mol. The molecule has 1 aliphatic rings. The molecule has 1 heterocycles. The number of para-hydroxylation sites is 1. The molecule has 3 rings (SSSR count). The number of carbonyl (C=O) groups is 2. The first-order valence-corrected chi connectivity index (χ1v) is 9.55. The third-order valence-corrected chi connectivity index (χ3v) is 5.40. The largest absolute Gasteiger partial charge is 0.366 e. The maximum atomic E-state index is 12.6. The monoisotopic (exact) mass is 405 g/mol. The number of nitrogens with two attached hydrogens (primary N) is 1. The van der Waals surface area contributed by atoms with Crippen molar-refractivity contribution in [2.75, 3.05) is 18.4 Å². The Hall–Kier alpha value is -2.08. The third kappa shape index (κ3) is 5.01. The minimum absolute atomic E-state index is 0.0760. The summed E-state index contributed by atoms with van der Waals surface area (Å²) < 4.78 is 0. The molecular formula is C20H21Cl2N3O2. The number of rotatable bonds is 5. The summed E-state index contributed by atoms with van der Waals surface area (Å²) in [5, 5.41) is 4.13. The molecule has 1 saturated heterocycles. The predicted octanol–water partition coefficient (Wildman–Crippen LogP) is 3.94. The molecule has 0 unspecified atom stereocenters. The molecular weight excluding hydrogens is 385 g/mol. The molecule has 7 heteroatoms. The number of primary amides is 1. The van der Waals surface area contributed by atoms with Gasteiger partial charge in [0, 0.05) is 22.5 Å². The van der Waals surface area contributed by atoms with Gasteiger partial charge in [0.25, 0.3) is 5.91 Å². The van der Waals surface area contributed by atoms with E-state index in [4.69, 9.17) is 28.9 Å². The van der Waals surface area contributed by atoms with E-state index < -0.39 is 5.91 Å². The van der Waals surface area contributed by atoms with E-state index >= 15 is 0 Å². The van der Waals surface area contributed by atoms with Gasteiger partial charge in [0.15, 0.2) is 0 Å². The van der Waals surface area contributed by atoms with Crippen LogP contribution in [0.15, 0.2) is 42.5 Å². The van der Waals surface area contributed by atoms with Gasteiger partial charge in [-0.15, -0.1) is 0 Å². The molecule has 1 fully saturated rings. The SMILES string of the molecule is NC(=O)c1ccccc1NC(=O)C1CCN(Cc2ccc(Cl)cc2Cl)CC1. The van der Waals surface area contributed by atoms with Crippen molar-refractivity contribution in [1.29, 1.82) is 0 Å². The summed E-state index contributed by atoms with van der Waals surface area (Å²) in [6.45, 7) is 2.33. The number of piperidine rings is 1. The quantitative estimate of drug-likeness (QED) is 0.790. The maximum Gasteiger partial charge on any atom is 0.250 e. The zero-order valence-corrected chi connectivity index (χ0v) is 16.3. The van der Waals surface area contributed by atoms with E-state index in [1.807, 2.05) is 12.1 Å². The zero-order valence-electron chi connectivity index (χ0n) is 14.8. The minimum atomic E-state index is -0.555. The summed E-state index contributed by atoms with van der Waals surface area (Å²) in [6, 6.07) is 12.3. The Morgan fingerprint density at radius 1 is 1.11 bits per heavy atom. The van der Waals surface area contributed by atoms with Crippen LogP contribution in [0.5, 0.6) is 0 Å². The van der Waals surface area contributed by atoms with Gasteiger partial charge in [-0.05, 0) is 55.8 Å². The fourth-order valence-electron chi connectivity index (χ4n) is 3.29. The van der Waals surface area contributed by atoms with Crippen LogP contribution in [-0.4, -0.2) is 29.8 Å². The van der Waals surface area contributed by atoms with Gasteiger partial charge in [-0.1, -0.05) is 41.4 Å². The van der Waals surface area contributed by atoms with E-state index in [2.05, 4.69) is 10.2 Å². The van der Waals surface area contributed by atoms with Gasteiger partial charge >= 0.3 is 0 Å². The molecule has 0 bridgehead atoms. The van der Waals surface area contributed by atoms with E-state index in [1.54, 1.807) is 30.3 Å². The first-order valence-electron chi connectivity index (χ1n) is 8.80. The number of likely N-dealkylation sites (tertiary alicyclic amines) is 1. The number of halogens is 2. The first-order chi connectivity index (χ1) is 12.9. The molecule has 0 saturated carbocycles. The number of carbonyl (C=O) groups excluding carboxylic acids is 2. The number of nitrogens with zero attached hydrogens (tertiary/aromatic N) is 1. The normalized spacial score (nSPS) is 15.5. The molecule has 2 amide bonds. The van der Waals surface area contributed by atoms with Crippen LogP contribution in [0, 0.1) is 5.92 Å². The lowest BCUT2D eigenvalue weighted by atomic mass is 9.95. The molecule has 142 valence electrons. The number of benzene rings is 2. The summed E-state index contributed by atoms with van der Waals surface area (Å²) in [7, 11) is 0. The number of hydrogen-bond donors (Lipinski definition) is 2. The van der Waals surface area contributed by atoms with E-state index in [-0.39, 0.29) is 11.8 Å². The van der Waals surface area contributed by atoms with Crippen LogP contribution >= 0.6 is 23.2 Å². The zero-order chi connectivity index (χ0) is 19.4.